The molecule has 2 rings (SSSR count). The van der Waals surface area contributed by atoms with Crippen molar-refractivity contribution in [2.24, 2.45) is 0 Å². The molecule has 1 unspecified atom stereocenters. The average molecular weight is 245 g/mol. The molecule has 0 bridgehead atoms. The summed E-state index contributed by atoms with van der Waals surface area (Å²) in [5.41, 5.74) is -0.495. The van der Waals surface area contributed by atoms with E-state index in [2.05, 4.69) is 5.10 Å². The van der Waals surface area contributed by atoms with E-state index in [-0.39, 0.29) is 0 Å². The molecule has 1 aromatic rings. The van der Waals surface area contributed by atoms with Gasteiger partial charge in [-0.05, 0) is 19.8 Å². The monoisotopic (exact) mass is 244 g/mol. The summed E-state index contributed by atoms with van der Waals surface area (Å²) < 4.78 is 1.64. The van der Waals surface area contributed by atoms with Gasteiger partial charge in [-0.2, -0.15) is 5.10 Å². The number of aliphatic hydroxyl groups is 2. The Morgan fingerprint density at radius 2 is 2.19 bits per heavy atom. The van der Waals surface area contributed by atoms with Crippen molar-refractivity contribution < 1.29 is 10.2 Å². The van der Waals surface area contributed by atoms with Crippen LogP contribution in [0.5, 0.6) is 0 Å². The Morgan fingerprint density at radius 3 is 2.75 bits per heavy atom. The second kappa shape index (κ2) is 4.35. The highest BCUT2D eigenvalue weighted by molar-refractivity contribution is 6.31. The molecule has 0 spiro atoms. The normalized spacial score (nSPS) is 21.2. The first-order chi connectivity index (χ1) is 7.58. The second-order valence-corrected chi connectivity index (χ2v) is 4.81. The summed E-state index contributed by atoms with van der Waals surface area (Å²) in [6, 6.07) is 0. The van der Waals surface area contributed by atoms with E-state index in [1.807, 2.05) is 6.92 Å². The predicted molar refractivity (Wildman–Crippen MR) is 61.3 cm³/mol. The van der Waals surface area contributed by atoms with E-state index in [4.69, 9.17) is 11.6 Å². The topological polar surface area (TPSA) is 58.3 Å². The molecule has 0 aliphatic heterocycles. The predicted octanol–water partition coefficient (Wildman–Crippen LogP) is 1.89. The van der Waals surface area contributed by atoms with Crippen LogP contribution in [0.1, 0.15) is 44.4 Å². The van der Waals surface area contributed by atoms with Crippen molar-refractivity contribution in [2.75, 3.05) is 0 Å². The molecule has 1 fully saturated rings. The van der Waals surface area contributed by atoms with Crippen molar-refractivity contribution in [1.29, 1.82) is 0 Å². The molecule has 16 heavy (non-hydrogen) atoms. The van der Waals surface area contributed by atoms with E-state index >= 15 is 0 Å². The number of nitrogens with zero attached hydrogens (tertiary/aromatic N) is 2. The zero-order valence-corrected chi connectivity index (χ0v) is 10.1. The van der Waals surface area contributed by atoms with E-state index in [0.29, 0.717) is 30.1 Å². The Morgan fingerprint density at radius 1 is 1.56 bits per heavy atom. The van der Waals surface area contributed by atoms with Gasteiger partial charge in [0.15, 0.2) is 0 Å². The van der Waals surface area contributed by atoms with Crippen LogP contribution in [0.3, 0.4) is 0 Å². The number of hydrogen-bond donors (Lipinski definition) is 2. The standard InChI is InChI=1S/C11H17ClN2O2/c1-2-14-9(8(12)7-13-14)10(15)11(16)5-3-4-6-11/h7,10,15-16H,2-6H2,1H3. The highest BCUT2D eigenvalue weighted by Gasteiger charge is 2.41. The molecule has 0 aromatic carbocycles. The Bertz CT molecular complexity index is 372. The fourth-order valence-corrected chi connectivity index (χ4v) is 2.66. The number of aliphatic hydroxyl groups excluding tert-OH is 1. The fraction of sp³-hybridized carbons (Fsp3) is 0.727. The maximum atomic E-state index is 10.3. The molecule has 90 valence electrons. The lowest BCUT2D eigenvalue weighted by molar-refractivity contribution is -0.0755. The van der Waals surface area contributed by atoms with Gasteiger partial charge in [-0.1, -0.05) is 24.4 Å². The molecule has 1 aliphatic carbocycles. The van der Waals surface area contributed by atoms with Crippen molar-refractivity contribution in [3.63, 3.8) is 0 Å². The molecular formula is C11H17ClN2O2. The lowest BCUT2D eigenvalue weighted by Crippen LogP contribution is -2.34. The van der Waals surface area contributed by atoms with Gasteiger partial charge >= 0.3 is 0 Å². The third-order valence-corrected chi connectivity index (χ3v) is 3.66. The largest absolute Gasteiger partial charge is 0.387 e. The van der Waals surface area contributed by atoms with Gasteiger partial charge in [0.05, 0.1) is 22.5 Å². The molecule has 1 aromatic heterocycles. The first kappa shape index (κ1) is 11.9. The zero-order valence-electron chi connectivity index (χ0n) is 9.36. The first-order valence-electron chi connectivity index (χ1n) is 5.70. The van der Waals surface area contributed by atoms with Crippen LogP contribution in [0.4, 0.5) is 0 Å². The summed E-state index contributed by atoms with van der Waals surface area (Å²) in [6.07, 6.45) is 3.72. The van der Waals surface area contributed by atoms with Crippen molar-refractivity contribution >= 4 is 11.6 Å². The Balaban J connectivity index is 2.32. The molecule has 1 saturated carbocycles. The van der Waals surface area contributed by atoms with Gasteiger partial charge in [0.25, 0.3) is 0 Å². The Hall–Kier alpha value is -0.580. The van der Waals surface area contributed by atoms with Crippen LogP contribution in [0.2, 0.25) is 5.02 Å². The molecular weight excluding hydrogens is 228 g/mol. The van der Waals surface area contributed by atoms with Crippen LogP contribution in [-0.2, 0) is 6.54 Å². The van der Waals surface area contributed by atoms with Gasteiger partial charge in [-0.25, -0.2) is 0 Å². The fourth-order valence-electron chi connectivity index (χ4n) is 2.41. The van der Waals surface area contributed by atoms with Crippen molar-refractivity contribution in [3.8, 4) is 0 Å². The van der Waals surface area contributed by atoms with Gasteiger partial charge in [0, 0.05) is 6.54 Å². The van der Waals surface area contributed by atoms with Gasteiger partial charge < -0.3 is 10.2 Å². The van der Waals surface area contributed by atoms with Crippen LogP contribution >= 0.6 is 11.6 Å². The van der Waals surface area contributed by atoms with E-state index in [1.54, 1.807) is 4.68 Å². The number of halogens is 1. The highest BCUT2D eigenvalue weighted by atomic mass is 35.5. The zero-order chi connectivity index (χ0) is 11.8. The van der Waals surface area contributed by atoms with E-state index < -0.39 is 11.7 Å². The maximum absolute atomic E-state index is 10.3. The Labute approximate surface area is 99.8 Å². The smallest absolute Gasteiger partial charge is 0.126 e. The molecule has 1 atom stereocenters. The minimum Gasteiger partial charge on any atom is -0.387 e. The third kappa shape index (κ3) is 1.85. The van der Waals surface area contributed by atoms with E-state index in [1.165, 1.54) is 6.20 Å². The van der Waals surface area contributed by atoms with Crippen molar-refractivity contribution in [3.05, 3.63) is 16.9 Å². The molecule has 4 nitrogen and oxygen atoms in total. The summed E-state index contributed by atoms with van der Waals surface area (Å²) in [5, 5.41) is 25.1. The third-order valence-electron chi connectivity index (χ3n) is 3.37. The van der Waals surface area contributed by atoms with E-state index in [0.717, 1.165) is 12.8 Å². The van der Waals surface area contributed by atoms with Crippen molar-refractivity contribution in [1.82, 2.24) is 9.78 Å². The summed E-state index contributed by atoms with van der Waals surface area (Å²) in [7, 11) is 0. The minimum atomic E-state index is -1.03. The Kier molecular flexibility index (Phi) is 3.24. The van der Waals surface area contributed by atoms with Crippen LogP contribution in [0.25, 0.3) is 0 Å². The number of rotatable bonds is 3. The van der Waals surface area contributed by atoms with Crippen LogP contribution < -0.4 is 0 Å². The molecule has 2 N–H and O–H groups in total. The highest BCUT2D eigenvalue weighted by Crippen LogP contribution is 2.41. The summed E-state index contributed by atoms with van der Waals surface area (Å²) in [6.45, 7) is 2.56. The van der Waals surface area contributed by atoms with Gasteiger partial charge in [-0.3, -0.25) is 4.68 Å². The number of aryl methyl sites for hydroxylation is 1. The van der Waals surface area contributed by atoms with Gasteiger partial charge in [-0.15, -0.1) is 0 Å². The average Bonchev–Trinajstić information content (AvgIpc) is 2.85. The van der Waals surface area contributed by atoms with Crippen LogP contribution in [0.15, 0.2) is 6.20 Å². The van der Waals surface area contributed by atoms with Gasteiger partial charge in [0.1, 0.15) is 6.10 Å². The molecule has 0 amide bonds. The SMILES string of the molecule is CCn1ncc(Cl)c1C(O)C1(O)CCCC1. The molecule has 1 aliphatic rings. The molecule has 0 radical (unpaired) electrons. The maximum Gasteiger partial charge on any atom is 0.126 e. The number of aromatic nitrogens is 2. The second-order valence-electron chi connectivity index (χ2n) is 4.41. The summed E-state index contributed by atoms with van der Waals surface area (Å²) >= 11 is 6.00. The number of hydrogen-bond acceptors (Lipinski definition) is 3. The lowest BCUT2D eigenvalue weighted by atomic mass is 9.92. The molecule has 1 heterocycles. The lowest BCUT2D eigenvalue weighted by Gasteiger charge is -2.29. The van der Waals surface area contributed by atoms with Crippen LogP contribution in [-0.4, -0.2) is 25.6 Å². The summed E-state index contributed by atoms with van der Waals surface area (Å²) in [5.74, 6) is 0. The van der Waals surface area contributed by atoms with Crippen molar-refractivity contribution in [2.45, 2.75) is 50.9 Å². The first-order valence-corrected chi connectivity index (χ1v) is 6.08. The van der Waals surface area contributed by atoms with E-state index in [9.17, 15) is 10.2 Å². The molecule has 0 saturated heterocycles. The van der Waals surface area contributed by atoms with Gasteiger partial charge in [0.2, 0.25) is 0 Å². The van der Waals surface area contributed by atoms with Crippen LogP contribution in [0, 0.1) is 0 Å². The minimum absolute atomic E-state index is 0.426. The summed E-state index contributed by atoms with van der Waals surface area (Å²) in [4.78, 5) is 0. The quantitative estimate of drug-likeness (QED) is 0.854. The molecule has 5 heteroatoms.